The lowest BCUT2D eigenvalue weighted by molar-refractivity contribution is -0.131. The molecule has 0 fully saturated rings. The largest absolute Gasteiger partial charge is 0.315 e. The summed E-state index contributed by atoms with van der Waals surface area (Å²) < 4.78 is 25.4. The minimum absolute atomic E-state index is 0.0155. The van der Waals surface area contributed by atoms with Crippen molar-refractivity contribution in [2.45, 2.75) is 31.6 Å². The van der Waals surface area contributed by atoms with Gasteiger partial charge >= 0.3 is 0 Å². The second-order valence-electron chi connectivity index (χ2n) is 7.53. The summed E-state index contributed by atoms with van der Waals surface area (Å²) in [6.07, 6.45) is 3.98. The quantitative estimate of drug-likeness (QED) is 0.422. The first-order valence-electron chi connectivity index (χ1n) is 9.53. The summed E-state index contributed by atoms with van der Waals surface area (Å²) in [6, 6.07) is 12.8. The van der Waals surface area contributed by atoms with Crippen LogP contribution in [0.2, 0.25) is 0 Å². The molecule has 1 unspecified atom stereocenters. The third-order valence-corrected chi connectivity index (χ3v) is 7.57. The monoisotopic (exact) mass is 444 g/mol. The molecule has 0 bridgehead atoms. The zero-order valence-corrected chi connectivity index (χ0v) is 18.3. The number of aromatic nitrogens is 3. The molecule has 3 rings (SSSR count). The second-order valence-corrected chi connectivity index (χ2v) is 9.98. The fourth-order valence-corrected chi connectivity index (χ4v) is 4.15. The second kappa shape index (κ2) is 8.48. The van der Waals surface area contributed by atoms with Gasteiger partial charge in [0.05, 0.1) is 11.9 Å². The SMILES string of the molecule is Cc1c(-c2ccn(CCC(C)(C(=O)NO)S(C)(=O)=O)c(=O)c2)cnn1-c1ccccc1. The number of pyridine rings is 1. The topological polar surface area (TPSA) is 123 Å². The molecule has 0 saturated heterocycles. The zero-order chi connectivity index (χ0) is 22.8. The van der Waals surface area contributed by atoms with E-state index in [9.17, 15) is 18.0 Å². The molecule has 1 atom stereocenters. The number of carbonyl (C=O) groups is 1. The van der Waals surface area contributed by atoms with Gasteiger partial charge in [0.15, 0.2) is 14.6 Å². The number of rotatable bonds is 7. The fraction of sp³-hybridized carbons (Fsp3) is 0.286. The van der Waals surface area contributed by atoms with Crippen LogP contribution in [0, 0.1) is 6.92 Å². The van der Waals surface area contributed by atoms with Gasteiger partial charge in [-0.3, -0.25) is 14.8 Å². The Morgan fingerprint density at radius 3 is 2.48 bits per heavy atom. The van der Waals surface area contributed by atoms with E-state index in [0.29, 0.717) is 5.56 Å². The predicted molar refractivity (Wildman–Crippen MR) is 116 cm³/mol. The van der Waals surface area contributed by atoms with Crippen molar-refractivity contribution in [3.05, 3.63) is 70.9 Å². The van der Waals surface area contributed by atoms with Gasteiger partial charge < -0.3 is 4.57 Å². The number of carbonyl (C=O) groups excluding carboxylic acids is 1. The first-order valence-corrected chi connectivity index (χ1v) is 11.4. The summed E-state index contributed by atoms with van der Waals surface area (Å²) in [7, 11) is -3.84. The van der Waals surface area contributed by atoms with Crippen LogP contribution in [0.4, 0.5) is 0 Å². The van der Waals surface area contributed by atoms with Crippen LogP contribution in [0.25, 0.3) is 16.8 Å². The van der Waals surface area contributed by atoms with E-state index in [1.165, 1.54) is 23.0 Å². The van der Waals surface area contributed by atoms with E-state index in [0.717, 1.165) is 23.2 Å². The van der Waals surface area contributed by atoms with E-state index in [1.807, 2.05) is 37.3 Å². The molecule has 1 aromatic carbocycles. The average molecular weight is 445 g/mol. The Bertz CT molecular complexity index is 1260. The van der Waals surface area contributed by atoms with Gasteiger partial charge in [-0.2, -0.15) is 5.10 Å². The summed E-state index contributed by atoms with van der Waals surface area (Å²) in [4.78, 5) is 24.6. The van der Waals surface area contributed by atoms with Crippen molar-refractivity contribution < 1.29 is 18.4 Å². The molecular formula is C21H24N4O5S. The third-order valence-electron chi connectivity index (χ3n) is 5.55. The molecule has 2 heterocycles. The third kappa shape index (κ3) is 4.30. The number of amides is 1. The van der Waals surface area contributed by atoms with Gasteiger partial charge in [-0.1, -0.05) is 18.2 Å². The molecule has 164 valence electrons. The molecule has 9 nitrogen and oxygen atoms in total. The maximum atomic E-state index is 12.6. The molecule has 0 aliphatic carbocycles. The van der Waals surface area contributed by atoms with Crippen molar-refractivity contribution in [2.24, 2.45) is 0 Å². The number of hydroxylamine groups is 1. The molecule has 2 aromatic heterocycles. The van der Waals surface area contributed by atoms with Gasteiger partial charge in [0.1, 0.15) is 0 Å². The molecule has 0 radical (unpaired) electrons. The van der Waals surface area contributed by atoms with Crippen LogP contribution in [0.15, 0.2) is 59.7 Å². The number of nitrogens with one attached hydrogen (secondary N) is 1. The standard InChI is InChI=1S/C21H24N4O5S/c1-15-18(14-22-25(15)17-7-5-4-6-8-17)16-9-11-24(19(26)13-16)12-10-21(2,20(27)23-28)31(3,29)30/h4-9,11,13-14,28H,10,12H2,1-3H3,(H,23,27). The Morgan fingerprint density at radius 1 is 1.23 bits per heavy atom. The number of sulfone groups is 1. The van der Waals surface area contributed by atoms with Gasteiger partial charge in [-0.05, 0) is 44.0 Å². The molecule has 2 N–H and O–H groups in total. The van der Waals surface area contributed by atoms with Crippen molar-refractivity contribution in [2.75, 3.05) is 6.26 Å². The highest BCUT2D eigenvalue weighted by molar-refractivity contribution is 7.92. The van der Waals surface area contributed by atoms with E-state index < -0.39 is 20.5 Å². The first kappa shape index (κ1) is 22.4. The normalized spacial score (nSPS) is 13.5. The maximum Gasteiger partial charge on any atom is 0.264 e. The van der Waals surface area contributed by atoms with Crippen LogP contribution in [0.3, 0.4) is 0 Å². The van der Waals surface area contributed by atoms with Crippen molar-refractivity contribution in [3.8, 4) is 16.8 Å². The Hall–Kier alpha value is -3.24. The van der Waals surface area contributed by atoms with E-state index in [1.54, 1.807) is 23.1 Å². The smallest absolute Gasteiger partial charge is 0.264 e. The number of nitrogens with zero attached hydrogens (tertiary/aromatic N) is 3. The van der Waals surface area contributed by atoms with Crippen LogP contribution < -0.4 is 11.0 Å². The average Bonchev–Trinajstić information content (AvgIpc) is 3.13. The molecule has 0 saturated carbocycles. The fourth-order valence-electron chi connectivity index (χ4n) is 3.30. The molecule has 0 aliphatic rings. The Labute approximate surface area is 179 Å². The van der Waals surface area contributed by atoms with Gasteiger partial charge in [0.2, 0.25) is 0 Å². The molecule has 31 heavy (non-hydrogen) atoms. The molecule has 1 amide bonds. The Balaban J connectivity index is 1.87. The highest BCUT2D eigenvalue weighted by atomic mass is 32.2. The molecule has 0 aliphatic heterocycles. The van der Waals surface area contributed by atoms with Gasteiger partial charge in [-0.15, -0.1) is 0 Å². The number of benzene rings is 1. The lowest BCUT2D eigenvalue weighted by Gasteiger charge is -2.25. The highest BCUT2D eigenvalue weighted by Gasteiger charge is 2.43. The first-order chi connectivity index (χ1) is 14.6. The summed E-state index contributed by atoms with van der Waals surface area (Å²) in [5.41, 5.74) is 4.31. The lowest BCUT2D eigenvalue weighted by atomic mass is 10.1. The van der Waals surface area contributed by atoms with Crippen LogP contribution in [0.5, 0.6) is 0 Å². The van der Waals surface area contributed by atoms with Crippen molar-refractivity contribution in [1.82, 2.24) is 19.8 Å². The summed E-state index contributed by atoms with van der Waals surface area (Å²) >= 11 is 0. The number of para-hydroxylation sites is 1. The number of hydrogen-bond donors (Lipinski definition) is 2. The van der Waals surface area contributed by atoms with Gasteiger partial charge in [-0.25, -0.2) is 18.6 Å². The van der Waals surface area contributed by atoms with E-state index >= 15 is 0 Å². The van der Waals surface area contributed by atoms with Crippen molar-refractivity contribution >= 4 is 15.7 Å². The zero-order valence-electron chi connectivity index (χ0n) is 17.4. The van der Waals surface area contributed by atoms with Crippen LogP contribution >= 0.6 is 0 Å². The summed E-state index contributed by atoms with van der Waals surface area (Å²) in [5.74, 6) is -1.04. The predicted octanol–water partition coefficient (Wildman–Crippen LogP) is 1.71. The highest BCUT2D eigenvalue weighted by Crippen LogP contribution is 2.25. The number of aryl methyl sites for hydroxylation is 1. The lowest BCUT2D eigenvalue weighted by Crippen LogP contribution is -2.49. The van der Waals surface area contributed by atoms with E-state index in [4.69, 9.17) is 5.21 Å². The minimum Gasteiger partial charge on any atom is -0.315 e. The Morgan fingerprint density at radius 2 is 1.90 bits per heavy atom. The molecule has 3 aromatic rings. The molecule has 10 heteroatoms. The van der Waals surface area contributed by atoms with Crippen LogP contribution in [-0.4, -0.2) is 44.9 Å². The molecule has 0 spiro atoms. The molecular weight excluding hydrogens is 420 g/mol. The van der Waals surface area contributed by atoms with E-state index in [-0.39, 0.29) is 18.5 Å². The van der Waals surface area contributed by atoms with Crippen LogP contribution in [0.1, 0.15) is 19.0 Å². The minimum atomic E-state index is -3.84. The van der Waals surface area contributed by atoms with Gasteiger partial charge in [0.25, 0.3) is 11.5 Å². The Kier molecular flexibility index (Phi) is 6.14. The van der Waals surface area contributed by atoms with E-state index in [2.05, 4.69) is 5.10 Å². The summed E-state index contributed by atoms with van der Waals surface area (Å²) in [5, 5.41) is 13.3. The van der Waals surface area contributed by atoms with Crippen molar-refractivity contribution in [1.29, 1.82) is 0 Å². The van der Waals surface area contributed by atoms with Crippen molar-refractivity contribution in [3.63, 3.8) is 0 Å². The van der Waals surface area contributed by atoms with Crippen LogP contribution in [-0.2, 0) is 21.2 Å². The number of hydrogen-bond acceptors (Lipinski definition) is 6. The van der Waals surface area contributed by atoms with Gasteiger partial charge in [0, 0.05) is 36.3 Å². The maximum absolute atomic E-state index is 12.6. The summed E-state index contributed by atoms with van der Waals surface area (Å²) in [6.45, 7) is 3.11.